The Morgan fingerprint density at radius 1 is 1.12 bits per heavy atom. The molecule has 0 spiro atoms. The molecule has 2 rings (SSSR count). The Bertz CT molecular complexity index is 768. The molecule has 0 aliphatic rings. The van der Waals surface area contributed by atoms with Crippen molar-refractivity contribution >= 4 is 17.7 Å². The summed E-state index contributed by atoms with van der Waals surface area (Å²) in [7, 11) is 3.19. The summed E-state index contributed by atoms with van der Waals surface area (Å²) in [5.74, 6) is 4.64. The number of terminal acetylenes is 1. The van der Waals surface area contributed by atoms with Gasteiger partial charge in [0, 0.05) is 11.4 Å². The van der Waals surface area contributed by atoms with Crippen LogP contribution in [-0.4, -0.2) is 32.5 Å². The molecular weight excluding hydrogens is 350 g/mol. The largest absolute Gasteiger partial charge is 0.497 e. The number of ether oxygens (including phenoxy) is 3. The van der Waals surface area contributed by atoms with E-state index >= 15 is 0 Å². The lowest BCUT2D eigenvalue weighted by Gasteiger charge is -2.10. The Morgan fingerprint density at radius 2 is 1.88 bits per heavy atom. The van der Waals surface area contributed by atoms with Gasteiger partial charge >= 0.3 is 0 Å². The van der Waals surface area contributed by atoms with Gasteiger partial charge in [0.25, 0.3) is 0 Å². The highest BCUT2D eigenvalue weighted by molar-refractivity contribution is 8.00. The predicted octanol–water partition coefficient (Wildman–Crippen LogP) is 3.12. The fourth-order valence-corrected chi connectivity index (χ4v) is 2.87. The summed E-state index contributed by atoms with van der Waals surface area (Å²) < 4.78 is 15.8. The van der Waals surface area contributed by atoms with E-state index in [0.717, 1.165) is 16.2 Å². The van der Waals surface area contributed by atoms with Crippen molar-refractivity contribution in [3.8, 4) is 29.6 Å². The normalized spacial score (nSPS) is 9.88. The first-order chi connectivity index (χ1) is 12.7. The van der Waals surface area contributed by atoms with E-state index in [9.17, 15) is 4.79 Å². The lowest BCUT2D eigenvalue weighted by Crippen LogP contribution is -2.24. The van der Waals surface area contributed by atoms with Gasteiger partial charge in [-0.15, -0.1) is 18.2 Å². The first-order valence-corrected chi connectivity index (χ1v) is 8.91. The number of rotatable bonds is 9. The van der Waals surface area contributed by atoms with Gasteiger partial charge in [-0.05, 0) is 35.9 Å². The number of thioether (sulfide) groups is 1. The van der Waals surface area contributed by atoms with Crippen molar-refractivity contribution in [3.05, 3.63) is 48.0 Å². The van der Waals surface area contributed by atoms with E-state index in [-0.39, 0.29) is 12.5 Å². The van der Waals surface area contributed by atoms with Gasteiger partial charge in [0.1, 0.15) is 12.4 Å². The third-order valence-electron chi connectivity index (χ3n) is 3.46. The average molecular weight is 371 g/mol. The maximum absolute atomic E-state index is 12.0. The fourth-order valence-electron chi connectivity index (χ4n) is 2.12. The molecule has 0 saturated heterocycles. The zero-order valence-electron chi connectivity index (χ0n) is 14.8. The number of carbonyl (C=O) groups is 1. The Labute approximate surface area is 158 Å². The molecule has 2 aromatic rings. The molecule has 0 atom stereocenters. The van der Waals surface area contributed by atoms with E-state index < -0.39 is 0 Å². The topological polar surface area (TPSA) is 56.8 Å². The van der Waals surface area contributed by atoms with E-state index in [2.05, 4.69) is 11.2 Å². The summed E-state index contributed by atoms with van der Waals surface area (Å²) in [6, 6.07) is 13.1. The monoisotopic (exact) mass is 371 g/mol. The Balaban J connectivity index is 1.83. The summed E-state index contributed by atoms with van der Waals surface area (Å²) in [5, 5.41) is 2.90. The highest BCUT2D eigenvalue weighted by Gasteiger charge is 2.08. The molecule has 136 valence electrons. The van der Waals surface area contributed by atoms with Gasteiger partial charge in [-0.25, -0.2) is 0 Å². The zero-order valence-corrected chi connectivity index (χ0v) is 15.6. The van der Waals surface area contributed by atoms with Crippen molar-refractivity contribution in [2.45, 2.75) is 11.4 Å². The highest BCUT2D eigenvalue weighted by Crippen LogP contribution is 2.32. The number of carbonyl (C=O) groups excluding carboxylic acids is 1. The van der Waals surface area contributed by atoms with Crippen LogP contribution in [0, 0.1) is 12.3 Å². The van der Waals surface area contributed by atoms with Crippen LogP contribution in [0.5, 0.6) is 17.2 Å². The summed E-state index contributed by atoms with van der Waals surface area (Å²) in [6.45, 7) is 0.655. The minimum absolute atomic E-state index is 0.0440. The molecule has 26 heavy (non-hydrogen) atoms. The van der Waals surface area contributed by atoms with E-state index in [0.29, 0.717) is 23.8 Å². The summed E-state index contributed by atoms with van der Waals surface area (Å²) in [5.41, 5.74) is 1.01. The molecular formula is C20H21NO4S. The van der Waals surface area contributed by atoms with Gasteiger partial charge < -0.3 is 19.5 Å². The average Bonchev–Trinajstić information content (AvgIpc) is 2.69. The second-order valence-corrected chi connectivity index (χ2v) is 6.27. The number of hydrogen-bond donors (Lipinski definition) is 1. The molecule has 0 aromatic heterocycles. The minimum atomic E-state index is -0.0440. The van der Waals surface area contributed by atoms with Crippen molar-refractivity contribution < 1.29 is 19.0 Å². The number of benzene rings is 2. The maximum atomic E-state index is 12.0. The SMILES string of the molecule is C#CCOc1ccc(SCC(=O)NCc2ccc(OC)cc2)cc1OC. The minimum Gasteiger partial charge on any atom is -0.497 e. The van der Waals surface area contributed by atoms with Crippen LogP contribution in [0.15, 0.2) is 47.4 Å². The predicted molar refractivity (Wildman–Crippen MR) is 103 cm³/mol. The van der Waals surface area contributed by atoms with Crippen molar-refractivity contribution in [2.75, 3.05) is 26.6 Å². The van der Waals surface area contributed by atoms with E-state index in [4.69, 9.17) is 20.6 Å². The van der Waals surface area contributed by atoms with Crippen LogP contribution in [-0.2, 0) is 11.3 Å². The zero-order chi connectivity index (χ0) is 18.8. The van der Waals surface area contributed by atoms with Crippen molar-refractivity contribution in [1.82, 2.24) is 5.32 Å². The number of amides is 1. The number of hydrogen-bond acceptors (Lipinski definition) is 5. The Hall–Kier alpha value is -2.78. The van der Waals surface area contributed by atoms with Crippen LogP contribution >= 0.6 is 11.8 Å². The lowest BCUT2D eigenvalue weighted by molar-refractivity contribution is -0.118. The van der Waals surface area contributed by atoms with Crippen LogP contribution in [0.4, 0.5) is 0 Å². The van der Waals surface area contributed by atoms with E-state index in [1.165, 1.54) is 11.8 Å². The van der Waals surface area contributed by atoms with Gasteiger partial charge in [0.2, 0.25) is 5.91 Å². The molecule has 0 fully saturated rings. The molecule has 0 aliphatic carbocycles. The van der Waals surface area contributed by atoms with Gasteiger partial charge in [-0.2, -0.15) is 0 Å². The third kappa shape index (κ3) is 5.94. The molecule has 5 nitrogen and oxygen atoms in total. The second-order valence-electron chi connectivity index (χ2n) is 5.22. The van der Waals surface area contributed by atoms with Crippen molar-refractivity contribution in [1.29, 1.82) is 0 Å². The first kappa shape index (κ1) is 19.5. The van der Waals surface area contributed by atoms with Gasteiger partial charge in [0.15, 0.2) is 11.5 Å². The molecule has 6 heteroatoms. The summed E-state index contributed by atoms with van der Waals surface area (Å²) in [4.78, 5) is 13.0. The molecule has 1 N–H and O–H groups in total. The molecule has 0 unspecified atom stereocenters. The third-order valence-corrected chi connectivity index (χ3v) is 4.46. The molecule has 0 saturated carbocycles. The highest BCUT2D eigenvalue weighted by atomic mass is 32.2. The lowest BCUT2D eigenvalue weighted by atomic mass is 10.2. The molecule has 2 aromatic carbocycles. The smallest absolute Gasteiger partial charge is 0.230 e. The van der Waals surface area contributed by atoms with Crippen LogP contribution in [0.2, 0.25) is 0 Å². The van der Waals surface area contributed by atoms with Crippen LogP contribution in [0.3, 0.4) is 0 Å². The summed E-state index contributed by atoms with van der Waals surface area (Å²) in [6.07, 6.45) is 5.19. The standard InChI is InChI=1S/C20H21NO4S/c1-4-11-25-18-10-9-17(12-19(18)24-3)26-14-20(22)21-13-15-5-7-16(23-2)8-6-15/h1,5-10,12H,11,13-14H2,2-3H3,(H,21,22). The molecule has 0 aliphatic heterocycles. The molecule has 0 heterocycles. The van der Waals surface area contributed by atoms with Crippen molar-refractivity contribution in [3.63, 3.8) is 0 Å². The van der Waals surface area contributed by atoms with Crippen molar-refractivity contribution in [2.24, 2.45) is 0 Å². The Morgan fingerprint density at radius 3 is 2.54 bits per heavy atom. The number of nitrogens with one attached hydrogen (secondary N) is 1. The first-order valence-electron chi connectivity index (χ1n) is 7.93. The van der Waals surface area contributed by atoms with E-state index in [1.54, 1.807) is 20.3 Å². The molecule has 0 radical (unpaired) electrons. The summed E-state index contributed by atoms with van der Waals surface area (Å²) >= 11 is 1.42. The maximum Gasteiger partial charge on any atom is 0.230 e. The van der Waals surface area contributed by atoms with Crippen LogP contribution in [0.1, 0.15) is 5.56 Å². The van der Waals surface area contributed by atoms with Gasteiger partial charge in [-0.1, -0.05) is 18.1 Å². The Kier molecular flexibility index (Phi) is 7.72. The van der Waals surface area contributed by atoms with E-state index in [1.807, 2.05) is 36.4 Å². The van der Waals surface area contributed by atoms with Crippen LogP contribution in [0.25, 0.3) is 0 Å². The molecule has 1 amide bonds. The van der Waals surface area contributed by atoms with Gasteiger partial charge in [0.05, 0.1) is 20.0 Å². The quantitative estimate of drug-likeness (QED) is 0.542. The van der Waals surface area contributed by atoms with Crippen LogP contribution < -0.4 is 19.5 Å². The number of methoxy groups -OCH3 is 2. The van der Waals surface area contributed by atoms with Gasteiger partial charge in [-0.3, -0.25) is 4.79 Å². The second kappa shape index (κ2) is 10.3. The fraction of sp³-hybridized carbons (Fsp3) is 0.250. The molecule has 0 bridgehead atoms.